The Labute approximate surface area is 220 Å². The maximum Gasteiger partial charge on any atom is 0.307 e. The van der Waals surface area contributed by atoms with Crippen molar-refractivity contribution in [2.75, 3.05) is 18.8 Å². The minimum Gasteiger partial charge on any atom is -0.481 e. The highest BCUT2D eigenvalue weighted by atomic mass is 16.4. The standard InChI is InChI=1S/C28H28N8O2/c1-3-19-7-4-8-20(13-19)24-14-25(32-28(29)31-24)26-17-36(34-33-26)16-22-10-5-11-23(30-22)18(2)35-12-6-9-21(15-35)27(37)38/h1,4-5,7-8,10-11,13-14,17-18,21H,6,9,12,15-16H2,2H3,(H,37,38)(H2,29,31,32)/t18-,21-/m1/s1. The second-order valence-electron chi connectivity index (χ2n) is 9.43. The van der Waals surface area contributed by atoms with Crippen molar-refractivity contribution in [3.8, 4) is 35.0 Å². The average molecular weight is 509 g/mol. The van der Waals surface area contributed by atoms with Crippen LogP contribution in [0.2, 0.25) is 0 Å². The van der Waals surface area contributed by atoms with Gasteiger partial charge in [-0.3, -0.25) is 14.7 Å². The lowest BCUT2D eigenvalue weighted by Crippen LogP contribution is -2.40. The Hall–Kier alpha value is -4.62. The van der Waals surface area contributed by atoms with E-state index in [2.05, 4.69) is 38.0 Å². The lowest BCUT2D eigenvalue weighted by molar-refractivity contribution is -0.143. The second-order valence-corrected chi connectivity index (χ2v) is 9.43. The first kappa shape index (κ1) is 25.0. The van der Waals surface area contributed by atoms with Crippen molar-refractivity contribution in [1.82, 2.24) is 34.8 Å². The number of terminal acetylenes is 1. The van der Waals surface area contributed by atoms with Gasteiger partial charge >= 0.3 is 5.97 Å². The van der Waals surface area contributed by atoms with Crippen molar-refractivity contribution >= 4 is 11.9 Å². The van der Waals surface area contributed by atoms with Crippen LogP contribution in [0.4, 0.5) is 5.95 Å². The Bertz CT molecular complexity index is 1510. The summed E-state index contributed by atoms with van der Waals surface area (Å²) in [4.78, 5) is 27.2. The Kier molecular flexibility index (Phi) is 7.11. The molecule has 1 aliphatic heterocycles. The monoisotopic (exact) mass is 508 g/mol. The van der Waals surface area contributed by atoms with Crippen molar-refractivity contribution in [1.29, 1.82) is 0 Å². The number of hydrogen-bond acceptors (Lipinski definition) is 8. The normalized spacial score (nSPS) is 16.6. The average Bonchev–Trinajstić information content (AvgIpc) is 3.41. The summed E-state index contributed by atoms with van der Waals surface area (Å²) in [6, 6.07) is 15.2. The zero-order valence-electron chi connectivity index (χ0n) is 21.0. The summed E-state index contributed by atoms with van der Waals surface area (Å²) < 4.78 is 1.70. The Morgan fingerprint density at radius 1 is 1.16 bits per heavy atom. The van der Waals surface area contributed by atoms with Crippen molar-refractivity contribution in [3.05, 3.63) is 71.7 Å². The molecule has 0 spiro atoms. The molecule has 1 fully saturated rings. The summed E-state index contributed by atoms with van der Waals surface area (Å²) in [6.07, 6.45) is 8.92. The molecule has 5 rings (SSSR count). The fourth-order valence-electron chi connectivity index (χ4n) is 4.74. The van der Waals surface area contributed by atoms with Gasteiger partial charge < -0.3 is 10.8 Å². The first-order valence-corrected chi connectivity index (χ1v) is 12.4. The molecule has 1 aromatic carbocycles. The molecule has 1 saturated heterocycles. The number of carboxylic acid groups (broad SMARTS) is 1. The highest BCUT2D eigenvalue weighted by molar-refractivity contribution is 5.70. The van der Waals surface area contributed by atoms with Gasteiger partial charge in [0.15, 0.2) is 0 Å². The third-order valence-corrected chi connectivity index (χ3v) is 6.80. The van der Waals surface area contributed by atoms with Gasteiger partial charge in [-0.25, -0.2) is 14.6 Å². The van der Waals surface area contributed by atoms with Gasteiger partial charge in [-0.1, -0.05) is 29.3 Å². The van der Waals surface area contributed by atoms with E-state index >= 15 is 0 Å². The van der Waals surface area contributed by atoms with E-state index in [0.717, 1.165) is 41.9 Å². The number of carboxylic acids is 1. The zero-order valence-corrected chi connectivity index (χ0v) is 21.0. The van der Waals surface area contributed by atoms with Crippen molar-refractivity contribution in [3.63, 3.8) is 0 Å². The largest absolute Gasteiger partial charge is 0.481 e. The molecule has 0 amide bonds. The molecule has 2 atom stereocenters. The third-order valence-electron chi connectivity index (χ3n) is 6.80. The van der Waals surface area contributed by atoms with Gasteiger partial charge in [0, 0.05) is 23.7 Å². The predicted octanol–water partition coefficient (Wildman–Crippen LogP) is 3.27. The van der Waals surface area contributed by atoms with E-state index < -0.39 is 5.97 Å². The van der Waals surface area contributed by atoms with E-state index in [1.807, 2.05) is 48.5 Å². The Morgan fingerprint density at radius 3 is 2.79 bits per heavy atom. The summed E-state index contributed by atoms with van der Waals surface area (Å²) in [7, 11) is 0. The molecule has 10 nitrogen and oxygen atoms in total. The molecule has 3 N–H and O–H groups in total. The number of nitrogen functional groups attached to an aromatic ring is 1. The molecule has 4 aromatic rings. The third kappa shape index (κ3) is 5.53. The van der Waals surface area contributed by atoms with Crippen LogP contribution < -0.4 is 5.73 Å². The number of nitrogens with two attached hydrogens (primary N) is 1. The van der Waals surface area contributed by atoms with E-state index in [0.29, 0.717) is 30.2 Å². The van der Waals surface area contributed by atoms with Gasteiger partial charge in [0.2, 0.25) is 5.95 Å². The van der Waals surface area contributed by atoms with Crippen LogP contribution in [0.1, 0.15) is 42.8 Å². The molecule has 10 heteroatoms. The molecule has 38 heavy (non-hydrogen) atoms. The number of benzene rings is 1. The van der Waals surface area contributed by atoms with Crippen molar-refractivity contribution in [2.45, 2.75) is 32.4 Å². The number of aliphatic carboxylic acids is 1. The maximum absolute atomic E-state index is 11.5. The lowest BCUT2D eigenvalue weighted by Gasteiger charge is -2.35. The lowest BCUT2D eigenvalue weighted by atomic mass is 9.96. The van der Waals surface area contributed by atoms with Gasteiger partial charge in [-0.2, -0.15) is 0 Å². The van der Waals surface area contributed by atoms with Gasteiger partial charge in [0.25, 0.3) is 0 Å². The van der Waals surface area contributed by atoms with Crippen LogP contribution in [0.5, 0.6) is 0 Å². The number of anilines is 1. The van der Waals surface area contributed by atoms with E-state index in [1.54, 1.807) is 10.9 Å². The van der Waals surface area contributed by atoms with Crippen molar-refractivity contribution in [2.24, 2.45) is 5.92 Å². The number of carbonyl (C=O) groups is 1. The number of likely N-dealkylation sites (tertiary alicyclic amines) is 1. The molecule has 0 aliphatic carbocycles. The highest BCUT2D eigenvalue weighted by Gasteiger charge is 2.29. The molecular weight excluding hydrogens is 480 g/mol. The van der Waals surface area contributed by atoms with E-state index in [4.69, 9.17) is 17.1 Å². The van der Waals surface area contributed by atoms with Crippen LogP contribution in [0.15, 0.2) is 54.7 Å². The molecule has 0 saturated carbocycles. The summed E-state index contributed by atoms with van der Waals surface area (Å²) in [5.74, 6) is 1.69. The van der Waals surface area contributed by atoms with Crippen LogP contribution in [0.3, 0.4) is 0 Å². The van der Waals surface area contributed by atoms with Crippen LogP contribution in [0.25, 0.3) is 22.6 Å². The Balaban J connectivity index is 1.33. The second kappa shape index (κ2) is 10.8. The van der Waals surface area contributed by atoms with E-state index in [1.165, 1.54) is 0 Å². The van der Waals surface area contributed by atoms with Crippen molar-refractivity contribution < 1.29 is 9.90 Å². The minimum absolute atomic E-state index is 0.0128. The number of piperidine rings is 1. The van der Waals surface area contributed by atoms with Gasteiger partial charge in [-0.15, -0.1) is 11.5 Å². The fraction of sp³-hybridized carbons (Fsp3) is 0.286. The molecule has 0 radical (unpaired) electrons. The van der Waals surface area contributed by atoms with Crippen LogP contribution in [-0.2, 0) is 11.3 Å². The smallest absolute Gasteiger partial charge is 0.307 e. The minimum atomic E-state index is -0.732. The zero-order chi connectivity index (χ0) is 26.6. The molecule has 0 unspecified atom stereocenters. The number of rotatable bonds is 7. The summed E-state index contributed by atoms with van der Waals surface area (Å²) in [5, 5.41) is 18.0. The van der Waals surface area contributed by atoms with E-state index in [-0.39, 0.29) is 17.9 Å². The number of hydrogen-bond donors (Lipinski definition) is 2. The Morgan fingerprint density at radius 2 is 1.97 bits per heavy atom. The molecule has 0 bridgehead atoms. The molecule has 3 aromatic heterocycles. The quantitative estimate of drug-likeness (QED) is 0.360. The predicted molar refractivity (Wildman–Crippen MR) is 143 cm³/mol. The first-order chi connectivity index (χ1) is 18.4. The van der Waals surface area contributed by atoms with Crippen LogP contribution in [0, 0.1) is 18.3 Å². The molecule has 1 aliphatic rings. The summed E-state index contributed by atoms with van der Waals surface area (Å²) in [6.45, 7) is 3.88. The van der Waals surface area contributed by atoms with E-state index in [9.17, 15) is 9.90 Å². The summed E-state index contributed by atoms with van der Waals surface area (Å²) >= 11 is 0. The number of nitrogens with zero attached hydrogens (tertiary/aromatic N) is 7. The maximum atomic E-state index is 11.5. The number of pyridine rings is 1. The molecule has 192 valence electrons. The fourth-order valence-corrected chi connectivity index (χ4v) is 4.74. The number of aromatic nitrogens is 6. The summed E-state index contributed by atoms with van der Waals surface area (Å²) in [5.41, 5.74) is 11.1. The van der Waals surface area contributed by atoms with Gasteiger partial charge in [0.05, 0.1) is 41.4 Å². The van der Waals surface area contributed by atoms with Gasteiger partial charge in [0.1, 0.15) is 5.69 Å². The van der Waals surface area contributed by atoms with Crippen LogP contribution in [-0.4, -0.2) is 59.0 Å². The first-order valence-electron chi connectivity index (χ1n) is 12.4. The molecular formula is C28H28N8O2. The molecule has 4 heterocycles. The SMILES string of the molecule is C#Cc1cccc(-c2cc(-c3cn(Cc4cccc([C@@H](C)N5CCC[C@@H](C(=O)O)C5)n4)nn3)nc(N)n2)c1. The topological polar surface area (TPSA) is 136 Å². The van der Waals surface area contributed by atoms with Crippen LogP contribution >= 0.6 is 0 Å². The van der Waals surface area contributed by atoms with Gasteiger partial charge in [-0.05, 0) is 56.6 Å². The highest BCUT2D eigenvalue weighted by Crippen LogP contribution is 2.27.